The van der Waals surface area contributed by atoms with Crippen molar-refractivity contribution in [2.45, 2.75) is 57.7 Å². The lowest BCUT2D eigenvalue weighted by atomic mass is 9.66. The molecule has 3 aromatic rings. The van der Waals surface area contributed by atoms with Gasteiger partial charge in [-0.3, -0.25) is 9.59 Å². The highest BCUT2D eigenvalue weighted by atomic mass is 35.5. The Morgan fingerprint density at radius 2 is 1.81 bits per heavy atom. The van der Waals surface area contributed by atoms with Crippen LogP contribution in [0.1, 0.15) is 77.0 Å². The Morgan fingerprint density at radius 1 is 1.11 bits per heavy atom. The molecule has 0 N–H and O–H groups in total. The van der Waals surface area contributed by atoms with E-state index in [-0.39, 0.29) is 23.2 Å². The van der Waals surface area contributed by atoms with Gasteiger partial charge in [-0.05, 0) is 68.7 Å². The van der Waals surface area contributed by atoms with Gasteiger partial charge in [-0.25, -0.2) is 0 Å². The van der Waals surface area contributed by atoms with Crippen molar-refractivity contribution < 1.29 is 18.8 Å². The molecule has 1 amide bonds. The van der Waals surface area contributed by atoms with E-state index < -0.39 is 0 Å². The van der Waals surface area contributed by atoms with E-state index in [1.165, 1.54) is 6.92 Å². The maximum Gasteiger partial charge on any atom is 0.253 e. The van der Waals surface area contributed by atoms with Gasteiger partial charge < -0.3 is 14.2 Å². The molecular weight excluding hydrogens is 511 g/mol. The molecule has 2 aliphatic carbocycles. The van der Waals surface area contributed by atoms with Crippen molar-refractivity contribution in [2.75, 3.05) is 13.1 Å². The molecule has 1 aromatic heterocycles. The van der Waals surface area contributed by atoms with Gasteiger partial charge in [0, 0.05) is 41.3 Å². The largest absolute Gasteiger partial charge is 0.373 e. The molecule has 6 rings (SSSR count). The molecule has 3 aliphatic rings. The van der Waals surface area contributed by atoms with Crippen molar-refractivity contribution in [3.63, 3.8) is 0 Å². The number of ketones is 1. The summed E-state index contributed by atoms with van der Waals surface area (Å²) < 4.78 is 12.1. The third-order valence-electron chi connectivity index (χ3n) is 7.99. The Kier molecular flexibility index (Phi) is 6.38. The van der Waals surface area contributed by atoms with Crippen LogP contribution >= 0.6 is 23.2 Å². The summed E-state index contributed by atoms with van der Waals surface area (Å²) in [5, 5.41) is 5.42. The van der Waals surface area contributed by atoms with E-state index in [1.807, 2.05) is 11.0 Å². The third-order valence-corrected chi connectivity index (χ3v) is 8.62. The van der Waals surface area contributed by atoms with Gasteiger partial charge in [-0.2, -0.15) is 0 Å². The van der Waals surface area contributed by atoms with Crippen molar-refractivity contribution in [1.82, 2.24) is 10.1 Å². The summed E-state index contributed by atoms with van der Waals surface area (Å²) in [6.07, 6.45) is 5.08. The number of aromatic nitrogens is 1. The van der Waals surface area contributed by atoms with Crippen molar-refractivity contribution >= 4 is 34.9 Å². The van der Waals surface area contributed by atoms with Gasteiger partial charge in [-0.1, -0.05) is 46.6 Å². The number of benzene rings is 2. The number of Topliss-reactive ketones (excluding diaryl/α,β-unsaturated/α-hetero) is 1. The van der Waals surface area contributed by atoms with E-state index in [0.29, 0.717) is 45.0 Å². The number of carbonyl (C=O) groups excluding carboxylic acids is 2. The first-order chi connectivity index (χ1) is 17.8. The second kappa shape index (κ2) is 9.57. The Hall–Kier alpha value is -2.67. The molecule has 192 valence electrons. The van der Waals surface area contributed by atoms with Crippen LogP contribution in [0.15, 0.2) is 47.0 Å². The van der Waals surface area contributed by atoms with Crippen LogP contribution in [-0.4, -0.2) is 40.9 Å². The molecular formula is C29H28Cl2N2O4. The molecule has 8 heteroatoms. The number of ether oxygens (including phenoxy) is 1. The van der Waals surface area contributed by atoms with Crippen LogP contribution in [0.3, 0.4) is 0 Å². The summed E-state index contributed by atoms with van der Waals surface area (Å²) in [6.45, 7) is 3.36. The SMILES string of the molecule is CC(=O)c1cccc(C(=O)N2CCC3(CC(OCc4c(-c5c(Cl)cccc5Cl)noc4C4CC4)C3)C2)c1. The smallest absolute Gasteiger partial charge is 0.253 e. The molecule has 6 nitrogen and oxygen atoms in total. The van der Waals surface area contributed by atoms with Gasteiger partial charge in [0.2, 0.25) is 0 Å². The number of hydrogen-bond acceptors (Lipinski definition) is 5. The summed E-state index contributed by atoms with van der Waals surface area (Å²) in [5.41, 5.74) is 3.52. The molecule has 0 unspecified atom stereocenters. The fraction of sp³-hybridized carbons (Fsp3) is 0.414. The van der Waals surface area contributed by atoms with Gasteiger partial charge in [0.1, 0.15) is 11.5 Å². The van der Waals surface area contributed by atoms with E-state index in [2.05, 4.69) is 5.16 Å². The Balaban J connectivity index is 1.11. The first-order valence-electron chi connectivity index (χ1n) is 12.8. The standard InChI is InChI=1S/C29H28Cl2N2O4/c1-17(34)19-4-2-5-20(12-19)28(35)33-11-10-29(16-33)13-21(14-29)36-15-22-26(32-37-27(22)18-8-9-18)25-23(30)6-3-7-24(25)31/h2-7,12,18,21H,8-11,13-16H2,1H3. The number of amides is 1. The number of hydrogen-bond donors (Lipinski definition) is 0. The van der Waals surface area contributed by atoms with Crippen molar-refractivity contribution in [2.24, 2.45) is 5.41 Å². The lowest BCUT2D eigenvalue weighted by molar-refractivity contribution is -0.0830. The lowest BCUT2D eigenvalue weighted by Crippen LogP contribution is -2.45. The molecule has 1 saturated heterocycles. The number of nitrogens with zero attached hydrogens (tertiary/aromatic N) is 2. The minimum atomic E-state index is -0.0378. The Morgan fingerprint density at radius 3 is 2.51 bits per heavy atom. The van der Waals surface area contributed by atoms with Crippen LogP contribution < -0.4 is 0 Å². The highest BCUT2D eigenvalue weighted by Crippen LogP contribution is 2.51. The molecule has 2 saturated carbocycles. The molecule has 3 fully saturated rings. The minimum Gasteiger partial charge on any atom is -0.373 e. The number of carbonyl (C=O) groups is 2. The second-order valence-electron chi connectivity index (χ2n) is 10.7. The normalized spacial score (nSPS) is 22.9. The fourth-order valence-corrected chi connectivity index (χ4v) is 6.35. The topological polar surface area (TPSA) is 72.6 Å². The highest BCUT2D eigenvalue weighted by molar-refractivity contribution is 6.39. The Labute approximate surface area is 225 Å². The summed E-state index contributed by atoms with van der Waals surface area (Å²) in [6, 6.07) is 12.4. The zero-order chi connectivity index (χ0) is 25.7. The maximum atomic E-state index is 13.1. The summed E-state index contributed by atoms with van der Waals surface area (Å²) in [5.74, 6) is 1.21. The summed E-state index contributed by atoms with van der Waals surface area (Å²) in [7, 11) is 0. The van der Waals surface area contributed by atoms with Gasteiger partial charge in [-0.15, -0.1) is 0 Å². The number of halogens is 2. The van der Waals surface area contributed by atoms with E-state index in [0.717, 1.165) is 56.5 Å². The summed E-state index contributed by atoms with van der Waals surface area (Å²) >= 11 is 13.0. The highest BCUT2D eigenvalue weighted by Gasteiger charge is 2.50. The van der Waals surface area contributed by atoms with E-state index >= 15 is 0 Å². The number of rotatable bonds is 7. The first-order valence-corrected chi connectivity index (χ1v) is 13.5. The zero-order valence-electron chi connectivity index (χ0n) is 20.6. The van der Waals surface area contributed by atoms with E-state index in [9.17, 15) is 9.59 Å². The molecule has 0 radical (unpaired) electrons. The molecule has 2 aromatic carbocycles. The van der Waals surface area contributed by atoms with E-state index in [4.69, 9.17) is 32.5 Å². The van der Waals surface area contributed by atoms with Crippen molar-refractivity contribution in [3.8, 4) is 11.3 Å². The molecule has 0 atom stereocenters. The molecule has 2 heterocycles. The third kappa shape index (κ3) is 4.71. The average molecular weight is 539 g/mol. The Bertz CT molecular complexity index is 1350. The second-order valence-corrected chi connectivity index (χ2v) is 11.5. The van der Waals surface area contributed by atoms with Crippen molar-refractivity contribution in [1.29, 1.82) is 0 Å². The van der Waals surface area contributed by atoms with Crippen LogP contribution in [0.25, 0.3) is 11.3 Å². The molecule has 1 aliphatic heterocycles. The predicted octanol–water partition coefficient (Wildman–Crippen LogP) is 6.94. The molecule has 0 bridgehead atoms. The minimum absolute atomic E-state index is 0.0100. The maximum absolute atomic E-state index is 13.1. The number of likely N-dealkylation sites (tertiary alicyclic amines) is 1. The van der Waals surface area contributed by atoms with Crippen LogP contribution in [0.2, 0.25) is 10.0 Å². The average Bonchev–Trinajstić information content (AvgIpc) is 3.47. The quantitative estimate of drug-likeness (QED) is 0.304. The predicted molar refractivity (Wildman–Crippen MR) is 141 cm³/mol. The van der Waals surface area contributed by atoms with Crippen molar-refractivity contribution in [3.05, 3.63) is 75.0 Å². The van der Waals surface area contributed by atoms with Crippen LogP contribution in [0.4, 0.5) is 0 Å². The van der Waals surface area contributed by atoms with Crippen LogP contribution in [-0.2, 0) is 11.3 Å². The van der Waals surface area contributed by atoms with Crippen LogP contribution in [0.5, 0.6) is 0 Å². The van der Waals surface area contributed by atoms with Gasteiger partial charge in [0.15, 0.2) is 5.78 Å². The summed E-state index contributed by atoms with van der Waals surface area (Å²) in [4.78, 5) is 26.7. The van der Waals surface area contributed by atoms with Gasteiger partial charge in [0.25, 0.3) is 5.91 Å². The first kappa shape index (κ1) is 24.7. The molecule has 1 spiro atoms. The fourth-order valence-electron chi connectivity index (χ4n) is 5.77. The monoisotopic (exact) mass is 538 g/mol. The van der Waals surface area contributed by atoms with Gasteiger partial charge in [0.05, 0.1) is 22.8 Å². The van der Waals surface area contributed by atoms with E-state index in [1.54, 1.807) is 36.4 Å². The van der Waals surface area contributed by atoms with Gasteiger partial charge >= 0.3 is 0 Å². The molecule has 37 heavy (non-hydrogen) atoms. The van der Waals surface area contributed by atoms with Crippen LogP contribution in [0, 0.1) is 5.41 Å². The lowest BCUT2D eigenvalue weighted by Gasteiger charge is -2.44. The zero-order valence-corrected chi connectivity index (χ0v) is 22.1.